The van der Waals surface area contributed by atoms with Crippen molar-refractivity contribution in [3.05, 3.63) is 0 Å². The second kappa shape index (κ2) is 6.06. The number of thiol groups is 2. The highest BCUT2D eigenvalue weighted by molar-refractivity contribution is 7.80. The molecule has 0 heterocycles. The van der Waals surface area contributed by atoms with Crippen molar-refractivity contribution in [1.82, 2.24) is 0 Å². The van der Waals surface area contributed by atoms with Crippen LogP contribution in [0.15, 0.2) is 0 Å². The Hall–Kier alpha value is 0.540. The molecule has 0 aliphatic carbocycles. The number of aliphatic hydroxyl groups is 4. The van der Waals surface area contributed by atoms with E-state index in [0.717, 1.165) is 0 Å². The van der Waals surface area contributed by atoms with Gasteiger partial charge in [-0.15, -0.1) is 0 Å². The fraction of sp³-hybridized carbons (Fsp3) is 1.00. The Bertz CT molecular complexity index is 110. The fourth-order valence-corrected chi connectivity index (χ4v) is 1.10. The van der Waals surface area contributed by atoms with E-state index in [1.807, 2.05) is 0 Å². The SMILES string of the molecule is O[C@H]([C@H](O)[C@@H](O)CS)[C@H](O)CS. The summed E-state index contributed by atoms with van der Waals surface area (Å²) in [4.78, 5) is 0. The summed E-state index contributed by atoms with van der Waals surface area (Å²) in [7, 11) is 0. The lowest BCUT2D eigenvalue weighted by Crippen LogP contribution is -2.45. The molecule has 12 heavy (non-hydrogen) atoms. The minimum atomic E-state index is -1.38. The fourth-order valence-electron chi connectivity index (χ4n) is 0.671. The van der Waals surface area contributed by atoms with E-state index in [1.165, 1.54) is 0 Å². The van der Waals surface area contributed by atoms with Crippen LogP contribution in [0.4, 0.5) is 0 Å². The lowest BCUT2D eigenvalue weighted by molar-refractivity contribution is -0.0920. The summed E-state index contributed by atoms with van der Waals surface area (Å²) in [5.74, 6) is 0.0506. The third-order valence-corrected chi connectivity index (χ3v) is 2.26. The van der Waals surface area contributed by atoms with Crippen molar-refractivity contribution < 1.29 is 20.4 Å². The topological polar surface area (TPSA) is 80.9 Å². The Morgan fingerprint density at radius 1 is 0.750 bits per heavy atom. The van der Waals surface area contributed by atoms with Crippen LogP contribution in [0.5, 0.6) is 0 Å². The van der Waals surface area contributed by atoms with Crippen molar-refractivity contribution >= 4 is 25.3 Å². The molecule has 4 atom stereocenters. The van der Waals surface area contributed by atoms with Gasteiger partial charge in [-0.05, 0) is 0 Å². The molecule has 0 spiro atoms. The second-order valence-corrected chi connectivity index (χ2v) is 3.21. The van der Waals surface area contributed by atoms with Gasteiger partial charge in [0.05, 0.1) is 12.2 Å². The van der Waals surface area contributed by atoms with E-state index in [1.54, 1.807) is 0 Å². The average molecular weight is 214 g/mol. The smallest absolute Gasteiger partial charge is 0.109 e. The maximum Gasteiger partial charge on any atom is 0.109 e. The molecule has 74 valence electrons. The first kappa shape index (κ1) is 12.5. The Labute approximate surface area is 82.1 Å². The predicted molar refractivity (Wildman–Crippen MR) is 51.7 cm³/mol. The van der Waals surface area contributed by atoms with Gasteiger partial charge in [-0.2, -0.15) is 25.3 Å². The van der Waals surface area contributed by atoms with Crippen LogP contribution in [0.25, 0.3) is 0 Å². The first-order chi connectivity index (χ1) is 5.54. The van der Waals surface area contributed by atoms with E-state index in [0.29, 0.717) is 0 Å². The molecular formula is C6H14O4S2. The van der Waals surface area contributed by atoms with Crippen LogP contribution >= 0.6 is 25.3 Å². The average Bonchev–Trinajstić information content (AvgIpc) is 2.12. The third-order valence-electron chi connectivity index (χ3n) is 1.51. The zero-order valence-electron chi connectivity index (χ0n) is 6.41. The lowest BCUT2D eigenvalue weighted by atomic mass is 10.1. The van der Waals surface area contributed by atoms with Crippen LogP contribution in [0, 0.1) is 0 Å². The summed E-state index contributed by atoms with van der Waals surface area (Å²) in [6, 6.07) is 0. The van der Waals surface area contributed by atoms with Crippen LogP contribution in [0.2, 0.25) is 0 Å². The number of hydrogen-bond acceptors (Lipinski definition) is 6. The summed E-state index contributed by atoms with van der Waals surface area (Å²) < 4.78 is 0. The molecule has 4 N–H and O–H groups in total. The van der Waals surface area contributed by atoms with Gasteiger partial charge in [-0.1, -0.05) is 0 Å². The summed E-state index contributed by atoms with van der Waals surface area (Å²) in [6.45, 7) is 0. The Kier molecular flexibility index (Phi) is 6.34. The van der Waals surface area contributed by atoms with Gasteiger partial charge in [0.1, 0.15) is 12.2 Å². The van der Waals surface area contributed by atoms with Gasteiger partial charge in [-0.25, -0.2) is 0 Å². The molecule has 0 radical (unpaired) electrons. The van der Waals surface area contributed by atoms with Crippen LogP contribution < -0.4 is 0 Å². The molecular weight excluding hydrogens is 200 g/mol. The Morgan fingerprint density at radius 3 is 1.17 bits per heavy atom. The largest absolute Gasteiger partial charge is 0.389 e. The molecule has 0 aromatic rings. The van der Waals surface area contributed by atoms with E-state index < -0.39 is 24.4 Å². The third kappa shape index (κ3) is 3.51. The standard InChI is InChI=1S/C6H14O4S2/c7-3(1-11)5(9)6(10)4(8)2-12/h3-12H,1-2H2/t3-,4+,5+,6-. The van der Waals surface area contributed by atoms with Gasteiger partial charge >= 0.3 is 0 Å². The summed E-state index contributed by atoms with van der Waals surface area (Å²) >= 11 is 7.45. The molecule has 0 fully saturated rings. The number of aliphatic hydroxyl groups excluding tert-OH is 4. The van der Waals surface area contributed by atoms with Gasteiger partial charge in [0.15, 0.2) is 0 Å². The molecule has 0 saturated carbocycles. The highest BCUT2D eigenvalue weighted by atomic mass is 32.1. The summed E-state index contributed by atoms with van der Waals surface area (Å²) in [6.07, 6.45) is -5.05. The second-order valence-electron chi connectivity index (χ2n) is 2.48. The van der Waals surface area contributed by atoms with Crippen molar-refractivity contribution in [2.45, 2.75) is 24.4 Å². The van der Waals surface area contributed by atoms with E-state index >= 15 is 0 Å². The Balaban J connectivity index is 3.99. The van der Waals surface area contributed by atoms with Crippen molar-refractivity contribution in [2.24, 2.45) is 0 Å². The molecule has 0 saturated heterocycles. The van der Waals surface area contributed by atoms with Gasteiger partial charge in [0.2, 0.25) is 0 Å². The van der Waals surface area contributed by atoms with Crippen molar-refractivity contribution in [2.75, 3.05) is 11.5 Å². The molecule has 0 amide bonds. The normalized spacial score (nSPS) is 21.5. The lowest BCUT2D eigenvalue weighted by Gasteiger charge is -2.24. The molecule has 0 bridgehead atoms. The van der Waals surface area contributed by atoms with Crippen LogP contribution in [0.3, 0.4) is 0 Å². The first-order valence-electron chi connectivity index (χ1n) is 3.48. The predicted octanol–water partition coefficient (Wildman–Crippen LogP) is -1.71. The molecule has 6 heteroatoms. The molecule has 0 aromatic heterocycles. The minimum absolute atomic E-state index is 0.0253. The van der Waals surface area contributed by atoms with E-state index in [-0.39, 0.29) is 11.5 Å². The van der Waals surface area contributed by atoms with Crippen LogP contribution in [-0.2, 0) is 0 Å². The van der Waals surface area contributed by atoms with Crippen LogP contribution in [0.1, 0.15) is 0 Å². The van der Waals surface area contributed by atoms with Crippen LogP contribution in [-0.4, -0.2) is 56.3 Å². The zero-order chi connectivity index (χ0) is 9.72. The summed E-state index contributed by atoms with van der Waals surface area (Å²) in [5, 5.41) is 36.3. The highest BCUT2D eigenvalue weighted by Gasteiger charge is 2.28. The quantitative estimate of drug-likeness (QED) is 0.308. The van der Waals surface area contributed by atoms with Gasteiger partial charge in [-0.3, -0.25) is 0 Å². The maximum atomic E-state index is 9.14. The monoisotopic (exact) mass is 214 g/mol. The summed E-state index contributed by atoms with van der Waals surface area (Å²) in [5.41, 5.74) is 0. The molecule has 0 unspecified atom stereocenters. The van der Waals surface area contributed by atoms with Crippen molar-refractivity contribution in [1.29, 1.82) is 0 Å². The minimum Gasteiger partial charge on any atom is -0.389 e. The molecule has 0 aliphatic heterocycles. The van der Waals surface area contributed by atoms with Gasteiger partial charge in [0.25, 0.3) is 0 Å². The van der Waals surface area contributed by atoms with Crippen molar-refractivity contribution in [3.8, 4) is 0 Å². The first-order valence-corrected chi connectivity index (χ1v) is 4.75. The molecule has 0 aliphatic rings. The zero-order valence-corrected chi connectivity index (χ0v) is 8.20. The Morgan fingerprint density at radius 2 is 1.00 bits per heavy atom. The van der Waals surface area contributed by atoms with Gasteiger partial charge < -0.3 is 20.4 Å². The van der Waals surface area contributed by atoms with E-state index in [9.17, 15) is 0 Å². The number of rotatable bonds is 5. The molecule has 0 aromatic carbocycles. The van der Waals surface area contributed by atoms with Gasteiger partial charge in [0, 0.05) is 11.5 Å². The maximum absolute atomic E-state index is 9.14. The highest BCUT2D eigenvalue weighted by Crippen LogP contribution is 2.07. The molecule has 0 rings (SSSR count). The number of hydrogen-bond donors (Lipinski definition) is 6. The van der Waals surface area contributed by atoms with E-state index in [4.69, 9.17) is 20.4 Å². The van der Waals surface area contributed by atoms with Crippen molar-refractivity contribution in [3.63, 3.8) is 0 Å². The molecule has 4 nitrogen and oxygen atoms in total. The van der Waals surface area contributed by atoms with E-state index in [2.05, 4.69) is 25.3 Å².